The first-order valence-electron chi connectivity index (χ1n) is 6.49. The number of aliphatic carboxylic acids is 1. The van der Waals surface area contributed by atoms with Crippen molar-refractivity contribution in [2.45, 2.75) is 40.0 Å². The third-order valence-corrected chi connectivity index (χ3v) is 2.64. The average molecular weight is 247 g/mol. The van der Waals surface area contributed by atoms with E-state index in [4.69, 9.17) is 4.74 Å². The van der Waals surface area contributed by atoms with E-state index in [0.29, 0.717) is 0 Å². The van der Waals surface area contributed by atoms with Crippen molar-refractivity contribution in [2.24, 2.45) is 0 Å². The highest BCUT2D eigenvalue weighted by Crippen LogP contribution is 1.94. The topological polar surface area (TPSA) is 49.4 Å². The summed E-state index contributed by atoms with van der Waals surface area (Å²) < 4.78 is 6.31. The number of carboxylic acids is 1. The minimum atomic E-state index is -0.943. The van der Waals surface area contributed by atoms with Gasteiger partial charge in [0.1, 0.15) is 6.54 Å². The molecule has 0 unspecified atom stereocenters. The second-order valence-electron chi connectivity index (χ2n) is 4.65. The highest BCUT2D eigenvalue weighted by Gasteiger charge is 2.09. The van der Waals surface area contributed by atoms with E-state index >= 15 is 0 Å². The smallest absolute Gasteiger partial charge is 0.102 e. The maximum absolute atomic E-state index is 9.65. The average Bonchev–Trinajstić information content (AvgIpc) is 2.27. The largest absolute Gasteiger partial charge is 0.550 e. The summed E-state index contributed by atoms with van der Waals surface area (Å²) >= 11 is 0. The molecule has 0 aromatic rings. The first-order chi connectivity index (χ1) is 7.89. The normalized spacial score (nSPS) is 10.6. The summed E-state index contributed by atoms with van der Waals surface area (Å²) in [5.74, 6) is -0.943. The third kappa shape index (κ3) is 18.0. The quantitative estimate of drug-likeness (QED) is 0.476. The Kier molecular flexibility index (Phi) is 13.1. The molecule has 0 aliphatic carbocycles. The summed E-state index contributed by atoms with van der Waals surface area (Å²) in [6.45, 7) is 10.2. The molecular formula is C13H29NO3. The van der Waals surface area contributed by atoms with Crippen LogP contribution in [0.15, 0.2) is 0 Å². The van der Waals surface area contributed by atoms with Crippen molar-refractivity contribution in [1.82, 2.24) is 0 Å². The number of hydrogen-bond acceptors (Lipinski definition) is 3. The zero-order chi connectivity index (χ0) is 13.7. The van der Waals surface area contributed by atoms with Crippen LogP contribution < -0.4 is 5.11 Å². The molecule has 0 amide bonds. The van der Waals surface area contributed by atoms with E-state index in [0.717, 1.165) is 37.1 Å². The Labute approximate surface area is 106 Å². The molecule has 17 heavy (non-hydrogen) atoms. The monoisotopic (exact) mass is 247 g/mol. The molecule has 0 saturated heterocycles. The maximum atomic E-state index is 9.65. The van der Waals surface area contributed by atoms with Crippen LogP contribution in [-0.4, -0.2) is 50.9 Å². The molecule has 0 atom stereocenters. The molecule has 0 aromatic carbocycles. The summed E-state index contributed by atoms with van der Waals surface area (Å²) in [6, 6.07) is 0. The highest BCUT2D eigenvalue weighted by atomic mass is 16.5. The Bertz CT molecular complexity index is 182. The summed E-state index contributed by atoms with van der Waals surface area (Å²) in [6.07, 6.45) is 1.87. The molecule has 0 rings (SSSR count). The molecule has 0 bridgehead atoms. The summed E-state index contributed by atoms with van der Waals surface area (Å²) in [4.78, 5) is 9.65. The Balaban J connectivity index is 0. The van der Waals surface area contributed by atoms with Gasteiger partial charge in [-0.15, -0.1) is 0 Å². The van der Waals surface area contributed by atoms with Crippen LogP contribution in [0.3, 0.4) is 0 Å². The van der Waals surface area contributed by atoms with Gasteiger partial charge in [-0.05, 0) is 26.7 Å². The third-order valence-electron chi connectivity index (χ3n) is 2.64. The summed E-state index contributed by atoms with van der Waals surface area (Å²) in [5, 5.41) is 9.65. The predicted molar refractivity (Wildman–Crippen MR) is 68.5 cm³/mol. The summed E-state index contributed by atoms with van der Waals surface area (Å²) in [5.41, 5.74) is 0. The SMILES string of the molecule is CCCCC(=O)[O-].CCOCC[N+](C)(C)CC. The van der Waals surface area contributed by atoms with Crippen LogP contribution in [-0.2, 0) is 9.53 Å². The van der Waals surface area contributed by atoms with Crippen LogP contribution in [0.1, 0.15) is 40.0 Å². The number of hydrogen-bond donors (Lipinski definition) is 0. The van der Waals surface area contributed by atoms with Crippen molar-refractivity contribution < 1.29 is 19.1 Å². The first kappa shape index (κ1) is 18.7. The van der Waals surface area contributed by atoms with Gasteiger partial charge in [0.2, 0.25) is 0 Å². The van der Waals surface area contributed by atoms with Gasteiger partial charge in [0.05, 0.1) is 27.2 Å². The lowest BCUT2D eigenvalue weighted by Gasteiger charge is -2.27. The fourth-order valence-corrected chi connectivity index (χ4v) is 0.935. The number of carbonyl (C=O) groups is 1. The lowest BCUT2D eigenvalue weighted by Crippen LogP contribution is -2.41. The Morgan fingerprint density at radius 2 is 1.82 bits per heavy atom. The fraction of sp³-hybridized carbons (Fsp3) is 0.923. The van der Waals surface area contributed by atoms with Crippen LogP contribution in [0.5, 0.6) is 0 Å². The molecule has 0 N–H and O–H groups in total. The van der Waals surface area contributed by atoms with Crippen molar-refractivity contribution in [1.29, 1.82) is 0 Å². The number of likely N-dealkylation sites (N-methyl/N-ethyl adjacent to an activating group) is 1. The molecule has 0 heterocycles. The van der Waals surface area contributed by atoms with Crippen molar-refractivity contribution >= 4 is 5.97 Å². The van der Waals surface area contributed by atoms with Crippen LogP contribution >= 0.6 is 0 Å². The van der Waals surface area contributed by atoms with Crippen LogP contribution in [0.25, 0.3) is 0 Å². The molecule has 4 nitrogen and oxygen atoms in total. The van der Waals surface area contributed by atoms with Crippen LogP contribution in [0.2, 0.25) is 0 Å². The second-order valence-corrected chi connectivity index (χ2v) is 4.65. The number of carbonyl (C=O) groups excluding carboxylic acids is 1. The van der Waals surface area contributed by atoms with Crippen molar-refractivity contribution in [3.05, 3.63) is 0 Å². The second kappa shape index (κ2) is 11.9. The minimum absolute atomic E-state index is 0.205. The van der Waals surface area contributed by atoms with Gasteiger partial charge < -0.3 is 19.1 Å². The van der Waals surface area contributed by atoms with Crippen LogP contribution in [0, 0.1) is 0 Å². The molecule has 0 aliphatic heterocycles. The number of rotatable bonds is 8. The van der Waals surface area contributed by atoms with E-state index in [1.54, 1.807) is 0 Å². The highest BCUT2D eigenvalue weighted by molar-refractivity contribution is 5.63. The maximum Gasteiger partial charge on any atom is 0.102 e. The molecule has 0 fully saturated rings. The van der Waals surface area contributed by atoms with E-state index in [1.807, 2.05) is 13.8 Å². The van der Waals surface area contributed by atoms with Gasteiger partial charge in [-0.1, -0.05) is 13.3 Å². The molecule has 0 aromatic heterocycles. The fourth-order valence-electron chi connectivity index (χ4n) is 0.935. The van der Waals surface area contributed by atoms with E-state index in [-0.39, 0.29) is 6.42 Å². The van der Waals surface area contributed by atoms with Gasteiger partial charge >= 0.3 is 0 Å². The van der Waals surface area contributed by atoms with Gasteiger partial charge in [0.25, 0.3) is 0 Å². The molecule has 4 heteroatoms. The molecule has 104 valence electrons. The Morgan fingerprint density at radius 3 is 2.12 bits per heavy atom. The van der Waals surface area contributed by atoms with Crippen molar-refractivity contribution in [2.75, 3.05) is 40.4 Å². The first-order valence-corrected chi connectivity index (χ1v) is 6.49. The number of carboxylic acid groups (broad SMARTS) is 1. The number of nitrogens with zero attached hydrogens (tertiary/aromatic N) is 1. The van der Waals surface area contributed by atoms with Crippen molar-refractivity contribution in [3.8, 4) is 0 Å². The standard InChI is InChI=1S/C8H20NO.C5H10O2/c1-5-9(3,4)7-8-10-6-2;1-2-3-4-5(6)7/h5-8H2,1-4H3;2-4H2,1H3,(H,6,7)/q+1;/p-1. The lowest BCUT2D eigenvalue weighted by molar-refractivity contribution is -0.888. The van der Waals surface area contributed by atoms with Gasteiger partial charge in [0, 0.05) is 12.6 Å². The van der Waals surface area contributed by atoms with Crippen LogP contribution in [0.4, 0.5) is 0 Å². The number of quaternary nitrogens is 1. The van der Waals surface area contributed by atoms with Gasteiger partial charge in [0.15, 0.2) is 0 Å². The summed E-state index contributed by atoms with van der Waals surface area (Å²) in [7, 11) is 4.44. The number of unbranched alkanes of at least 4 members (excludes halogenated alkanes) is 1. The van der Waals surface area contributed by atoms with E-state index in [9.17, 15) is 9.90 Å². The number of ether oxygens (including phenoxy) is 1. The predicted octanol–water partition coefficient (Wildman–Crippen LogP) is 1.05. The zero-order valence-electron chi connectivity index (χ0n) is 12.1. The zero-order valence-corrected chi connectivity index (χ0v) is 12.1. The van der Waals surface area contributed by atoms with E-state index < -0.39 is 5.97 Å². The van der Waals surface area contributed by atoms with Gasteiger partial charge in [-0.25, -0.2) is 0 Å². The van der Waals surface area contributed by atoms with Crippen molar-refractivity contribution in [3.63, 3.8) is 0 Å². The lowest BCUT2D eigenvalue weighted by atomic mass is 10.3. The van der Waals surface area contributed by atoms with Gasteiger partial charge in [-0.3, -0.25) is 0 Å². The molecule has 0 spiro atoms. The van der Waals surface area contributed by atoms with Gasteiger partial charge in [-0.2, -0.15) is 0 Å². The van der Waals surface area contributed by atoms with E-state index in [1.165, 1.54) is 6.54 Å². The Morgan fingerprint density at radius 1 is 1.24 bits per heavy atom. The molecule has 0 radical (unpaired) electrons. The molecule has 0 aliphatic rings. The molecule has 0 saturated carbocycles. The minimum Gasteiger partial charge on any atom is -0.550 e. The van der Waals surface area contributed by atoms with E-state index in [2.05, 4.69) is 21.0 Å². The molecular weight excluding hydrogens is 218 g/mol. The Hall–Kier alpha value is -0.610.